The highest BCUT2D eigenvalue weighted by atomic mass is 35.5. The molecule has 1 N–H and O–H groups in total. The Morgan fingerprint density at radius 1 is 1.29 bits per heavy atom. The molecule has 0 amide bonds. The molecule has 0 atom stereocenters. The summed E-state index contributed by atoms with van der Waals surface area (Å²) in [5, 5.41) is 9.58. The van der Waals surface area contributed by atoms with Crippen LogP contribution in [0.3, 0.4) is 0 Å². The minimum atomic E-state index is -0.145. The SMILES string of the molecule is CC(C)C(=O)c1cc(Cl)c(O)cc1Cl. The Bertz CT molecular complexity index is 373. The van der Waals surface area contributed by atoms with E-state index in [9.17, 15) is 9.90 Å². The molecule has 4 heteroatoms. The number of Topliss-reactive ketones (excluding diaryl/α,β-unsaturated/α-hetero) is 1. The topological polar surface area (TPSA) is 37.3 Å². The highest BCUT2D eigenvalue weighted by Gasteiger charge is 2.16. The number of phenols is 1. The van der Waals surface area contributed by atoms with Crippen LogP contribution in [0.15, 0.2) is 12.1 Å². The Hall–Kier alpha value is -0.730. The third-order valence-electron chi connectivity index (χ3n) is 1.83. The Kier molecular flexibility index (Phi) is 3.40. The second-order valence-corrected chi connectivity index (χ2v) is 4.12. The third kappa shape index (κ3) is 2.20. The number of aromatic hydroxyl groups is 1. The number of rotatable bonds is 2. The maximum Gasteiger partial charge on any atom is 0.166 e. The second kappa shape index (κ2) is 4.20. The molecular weight excluding hydrogens is 223 g/mol. The summed E-state index contributed by atoms with van der Waals surface area (Å²) in [6, 6.07) is 2.67. The van der Waals surface area contributed by atoms with Crippen molar-refractivity contribution in [1.82, 2.24) is 0 Å². The van der Waals surface area contributed by atoms with E-state index in [1.807, 2.05) is 0 Å². The summed E-state index contributed by atoms with van der Waals surface area (Å²) in [6.45, 7) is 3.55. The van der Waals surface area contributed by atoms with Crippen molar-refractivity contribution in [2.75, 3.05) is 0 Å². The number of hydrogen-bond acceptors (Lipinski definition) is 2. The van der Waals surface area contributed by atoms with Crippen molar-refractivity contribution in [3.8, 4) is 5.75 Å². The lowest BCUT2D eigenvalue weighted by Gasteiger charge is -2.07. The summed E-state index contributed by atoms with van der Waals surface area (Å²) in [5.74, 6) is -0.345. The van der Waals surface area contributed by atoms with Crippen molar-refractivity contribution in [1.29, 1.82) is 0 Å². The first-order valence-corrected chi connectivity index (χ1v) is 4.91. The van der Waals surface area contributed by atoms with Gasteiger partial charge in [-0.15, -0.1) is 0 Å². The second-order valence-electron chi connectivity index (χ2n) is 3.30. The van der Waals surface area contributed by atoms with Crippen molar-refractivity contribution in [2.45, 2.75) is 13.8 Å². The Morgan fingerprint density at radius 2 is 1.86 bits per heavy atom. The zero-order chi connectivity index (χ0) is 10.9. The predicted molar refractivity (Wildman–Crippen MR) is 57.3 cm³/mol. The molecule has 0 spiro atoms. The van der Waals surface area contributed by atoms with Crippen LogP contribution in [-0.2, 0) is 0 Å². The first kappa shape index (κ1) is 11.3. The van der Waals surface area contributed by atoms with Gasteiger partial charge in [-0.05, 0) is 6.07 Å². The first-order chi connectivity index (χ1) is 6.43. The molecule has 1 rings (SSSR count). The van der Waals surface area contributed by atoms with Gasteiger partial charge in [-0.3, -0.25) is 4.79 Å². The lowest BCUT2D eigenvalue weighted by molar-refractivity contribution is 0.0939. The minimum Gasteiger partial charge on any atom is -0.506 e. The van der Waals surface area contributed by atoms with Gasteiger partial charge in [0.2, 0.25) is 0 Å². The van der Waals surface area contributed by atoms with Crippen molar-refractivity contribution in [3.63, 3.8) is 0 Å². The van der Waals surface area contributed by atoms with Gasteiger partial charge in [-0.25, -0.2) is 0 Å². The summed E-state index contributed by atoms with van der Waals surface area (Å²) in [5.41, 5.74) is 0.351. The number of hydrogen-bond donors (Lipinski definition) is 1. The molecule has 0 fully saturated rings. The van der Waals surface area contributed by atoms with E-state index in [4.69, 9.17) is 23.2 Å². The van der Waals surface area contributed by atoms with Crippen LogP contribution in [0, 0.1) is 5.92 Å². The van der Waals surface area contributed by atoms with Gasteiger partial charge in [0, 0.05) is 17.5 Å². The van der Waals surface area contributed by atoms with Crippen molar-refractivity contribution >= 4 is 29.0 Å². The molecule has 0 aromatic heterocycles. The third-order valence-corrected chi connectivity index (χ3v) is 2.44. The number of carbonyl (C=O) groups excluding carboxylic acids is 1. The smallest absolute Gasteiger partial charge is 0.166 e. The van der Waals surface area contributed by atoms with E-state index in [-0.39, 0.29) is 27.5 Å². The van der Waals surface area contributed by atoms with Crippen LogP contribution >= 0.6 is 23.2 Å². The number of ketones is 1. The molecule has 1 aromatic carbocycles. The maximum absolute atomic E-state index is 11.6. The summed E-state index contributed by atoms with van der Waals surface area (Å²) in [6.07, 6.45) is 0. The Balaban J connectivity index is 3.22. The van der Waals surface area contributed by atoms with E-state index >= 15 is 0 Å². The average molecular weight is 233 g/mol. The molecule has 0 unspecified atom stereocenters. The highest BCUT2D eigenvalue weighted by molar-refractivity contribution is 6.36. The molecule has 0 heterocycles. The van der Waals surface area contributed by atoms with Crippen LogP contribution < -0.4 is 0 Å². The Labute approximate surface area is 92.5 Å². The van der Waals surface area contributed by atoms with Gasteiger partial charge in [0.15, 0.2) is 5.78 Å². The number of halogens is 2. The summed E-state index contributed by atoms with van der Waals surface area (Å²) < 4.78 is 0. The quantitative estimate of drug-likeness (QED) is 0.793. The molecule has 0 aliphatic heterocycles. The summed E-state index contributed by atoms with van der Waals surface area (Å²) in [7, 11) is 0. The molecule has 0 saturated heterocycles. The summed E-state index contributed by atoms with van der Waals surface area (Å²) >= 11 is 11.5. The molecule has 1 aromatic rings. The zero-order valence-corrected chi connectivity index (χ0v) is 9.36. The molecule has 2 nitrogen and oxygen atoms in total. The van der Waals surface area contributed by atoms with E-state index in [0.29, 0.717) is 5.56 Å². The Morgan fingerprint density at radius 3 is 2.36 bits per heavy atom. The van der Waals surface area contributed by atoms with Crippen molar-refractivity contribution in [2.24, 2.45) is 5.92 Å². The standard InChI is InChI=1S/C10H10Cl2O2/c1-5(2)10(14)6-3-8(12)9(13)4-7(6)11/h3-5,13H,1-2H3. The van der Waals surface area contributed by atoms with Crippen molar-refractivity contribution in [3.05, 3.63) is 27.7 Å². The normalized spacial score (nSPS) is 10.6. The van der Waals surface area contributed by atoms with Gasteiger partial charge >= 0.3 is 0 Å². The van der Waals surface area contributed by atoms with Crippen LogP contribution in [-0.4, -0.2) is 10.9 Å². The highest BCUT2D eigenvalue weighted by Crippen LogP contribution is 2.31. The van der Waals surface area contributed by atoms with Crippen LogP contribution in [0.2, 0.25) is 10.0 Å². The maximum atomic E-state index is 11.6. The minimum absolute atomic E-state index is 0.0862. The van der Waals surface area contributed by atoms with Gasteiger partial charge < -0.3 is 5.11 Å². The van der Waals surface area contributed by atoms with Crippen molar-refractivity contribution < 1.29 is 9.90 Å². The lowest BCUT2D eigenvalue weighted by atomic mass is 10.0. The number of carbonyl (C=O) groups is 1. The van der Waals surface area contributed by atoms with E-state index < -0.39 is 0 Å². The van der Waals surface area contributed by atoms with E-state index in [0.717, 1.165) is 0 Å². The predicted octanol–water partition coefficient (Wildman–Crippen LogP) is 3.54. The molecule has 0 bridgehead atoms. The van der Waals surface area contributed by atoms with E-state index in [1.54, 1.807) is 13.8 Å². The molecule has 76 valence electrons. The zero-order valence-electron chi connectivity index (χ0n) is 7.84. The molecular formula is C10H10Cl2O2. The molecule has 0 radical (unpaired) electrons. The monoisotopic (exact) mass is 232 g/mol. The fourth-order valence-electron chi connectivity index (χ4n) is 1.04. The van der Waals surface area contributed by atoms with Gasteiger partial charge in [0.05, 0.1) is 10.0 Å². The fraction of sp³-hybridized carbons (Fsp3) is 0.300. The van der Waals surface area contributed by atoms with E-state index in [1.165, 1.54) is 12.1 Å². The van der Waals surface area contributed by atoms with Crippen LogP contribution in [0.4, 0.5) is 0 Å². The summed E-state index contributed by atoms with van der Waals surface area (Å²) in [4.78, 5) is 11.6. The molecule has 0 aliphatic rings. The molecule has 0 aliphatic carbocycles. The number of phenolic OH excluding ortho intramolecular Hbond substituents is 1. The lowest BCUT2D eigenvalue weighted by Crippen LogP contribution is -2.07. The first-order valence-electron chi connectivity index (χ1n) is 4.15. The van der Waals surface area contributed by atoms with Gasteiger partial charge in [-0.1, -0.05) is 37.0 Å². The van der Waals surface area contributed by atoms with Gasteiger partial charge in [0.1, 0.15) is 5.75 Å². The van der Waals surface area contributed by atoms with Crippen LogP contribution in [0.5, 0.6) is 5.75 Å². The fourth-order valence-corrected chi connectivity index (χ4v) is 1.45. The van der Waals surface area contributed by atoms with Gasteiger partial charge in [0.25, 0.3) is 0 Å². The molecule has 0 saturated carbocycles. The van der Waals surface area contributed by atoms with Crippen LogP contribution in [0.1, 0.15) is 24.2 Å². The average Bonchev–Trinajstić information content (AvgIpc) is 2.10. The van der Waals surface area contributed by atoms with Crippen LogP contribution in [0.25, 0.3) is 0 Å². The van der Waals surface area contributed by atoms with Gasteiger partial charge in [-0.2, -0.15) is 0 Å². The number of benzene rings is 1. The van der Waals surface area contributed by atoms with E-state index in [2.05, 4.69) is 0 Å². The molecule has 14 heavy (non-hydrogen) atoms. The largest absolute Gasteiger partial charge is 0.506 e.